The number of rotatable bonds is 6. The van der Waals surface area contributed by atoms with Gasteiger partial charge in [0.05, 0.1) is 35.0 Å². The minimum absolute atomic E-state index is 0.0291. The quantitative estimate of drug-likeness (QED) is 0.441. The minimum atomic E-state index is -0.831. The molecule has 0 amide bonds. The average Bonchev–Trinajstić information content (AvgIpc) is 2.74. The Morgan fingerprint density at radius 3 is 1.81 bits per heavy atom. The molecule has 9 heteroatoms. The first-order valence-corrected chi connectivity index (χ1v) is 10.1. The molecule has 1 aromatic carbocycles. The van der Waals surface area contributed by atoms with E-state index in [2.05, 4.69) is 0 Å². The monoisotopic (exact) mass is 430 g/mol. The fraction of sp³-hybridized carbons (Fsp3) is 0.364. The van der Waals surface area contributed by atoms with Crippen LogP contribution in [0.1, 0.15) is 48.4 Å². The standard InChI is InChI=1S/C22H23FN2O6/c1-5-24-10-13(21(28)30-7-3)19(26)12-9-15(23)18-16(17(12)24)20(27)14(11-25(18)6-2)22(29)31-8-4/h9-11H,5-8H2,1-4H3. The number of ether oxygens (including phenoxy) is 2. The lowest BCUT2D eigenvalue weighted by Gasteiger charge is -2.17. The zero-order chi connectivity index (χ0) is 22.9. The molecule has 0 aliphatic heterocycles. The highest BCUT2D eigenvalue weighted by Gasteiger charge is 2.24. The van der Waals surface area contributed by atoms with E-state index in [1.807, 2.05) is 0 Å². The van der Waals surface area contributed by atoms with E-state index in [1.54, 1.807) is 27.7 Å². The summed E-state index contributed by atoms with van der Waals surface area (Å²) in [7, 11) is 0. The summed E-state index contributed by atoms with van der Waals surface area (Å²) in [5.41, 5.74) is -1.88. The fourth-order valence-electron chi connectivity index (χ4n) is 3.64. The molecule has 2 aromatic heterocycles. The van der Waals surface area contributed by atoms with E-state index in [0.717, 1.165) is 6.07 Å². The number of aromatic nitrogens is 2. The van der Waals surface area contributed by atoms with E-state index in [0.29, 0.717) is 0 Å². The SMILES string of the molecule is CCOC(=O)c1cn(CC)c2c(cc(F)c3c2c(=O)c(C(=O)OCC)cn3CC)c1=O. The first-order valence-electron chi connectivity index (χ1n) is 10.1. The summed E-state index contributed by atoms with van der Waals surface area (Å²) in [6.07, 6.45) is 2.56. The van der Waals surface area contributed by atoms with Crippen LogP contribution in [0.2, 0.25) is 0 Å². The smallest absolute Gasteiger partial charge is 0.343 e. The number of hydrogen-bond acceptors (Lipinski definition) is 6. The lowest BCUT2D eigenvalue weighted by Crippen LogP contribution is -2.25. The molecule has 3 aromatic rings. The van der Waals surface area contributed by atoms with Crippen molar-refractivity contribution in [1.29, 1.82) is 0 Å². The Morgan fingerprint density at radius 2 is 1.32 bits per heavy atom. The largest absolute Gasteiger partial charge is 0.462 e. The predicted octanol–water partition coefficient (Wildman–Crippen LogP) is 2.85. The van der Waals surface area contributed by atoms with Crippen LogP contribution in [0.15, 0.2) is 28.0 Å². The van der Waals surface area contributed by atoms with Crippen LogP contribution in [-0.4, -0.2) is 34.3 Å². The fourth-order valence-corrected chi connectivity index (χ4v) is 3.64. The molecule has 0 atom stereocenters. The van der Waals surface area contributed by atoms with Gasteiger partial charge in [-0.15, -0.1) is 0 Å². The van der Waals surface area contributed by atoms with Gasteiger partial charge in [-0.1, -0.05) is 0 Å². The molecular formula is C22H23FN2O6. The number of fused-ring (bicyclic) bond motifs is 3. The molecule has 0 unspecified atom stereocenters. The summed E-state index contributed by atoms with van der Waals surface area (Å²) < 4.78 is 28.0. The van der Waals surface area contributed by atoms with Gasteiger partial charge in [0.2, 0.25) is 10.9 Å². The number of hydrogen-bond donors (Lipinski definition) is 0. The van der Waals surface area contributed by atoms with E-state index in [1.165, 1.54) is 21.5 Å². The second-order valence-corrected chi connectivity index (χ2v) is 6.73. The molecule has 31 heavy (non-hydrogen) atoms. The number of pyridine rings is 2. The lowest BCUT2D eigenvalue weighted by atomic mass is 10.0. The molecule has 0 spiro atoms. The number of halogens is 1. The van der Waals surface area contributed by atoms with E-state index in [9.17, 15) is 19.2 Å². The Hall–Kier alpha value is -3.49. The summed E-state index contributed by atoms with van der Waals surface area (Å²) in [6, 6.07) is 1.02. The number of carbonyl (C=O) groups is 2. The van der Waals surface area contributed by atoms with Gasteiger partial charge in [-0.05, 0) is 33.8 Å². The van der Waals surface area contributed by atoms with Crippen molar-refractivity contribution in [2.75, 3.05) is 13.2 Å². The van der Waals surface area contributed by atoms with Crippen LogP contribution >= 0.6 is 0 Å². The predicted molar refractivity (Wildman–Crippen MR) is 113 cm³/mol. The first-order chi connectivity index (χ1) is 14.8. The molecule has 0 bridgehead atoms. The minimum Gasteiger partial charge on any atom is -0.462 e. The van der Waals surface area contributed by atoms with Gasteiger partial charge in [-0.25, -0.2) is 14.0 Å². The average molecular weight is 430 g/mol. The van der Waals surface area contributed by atoms with Gasteiger partial charge in [0.1, 0.15) is 16.9 Å². The molecule has 0 saturated heterocycles. The van der Waals surface area contributed by atoms with Gasteiger partial charge in [0, 0.05) is 25.5 Å². The zero-order valence-corrected chi connectivity index (χ0v) is 17.8. The van der Waals surface area contributed by atoms with Crippen LogP contribution in [-0.2, 0) is 22.6 Å². The van der Waals surface area contributed by atoms with Crippen LogP contribution in [0.5, 0.6) is 0 Å². The number of benzene rings is 1. The van der Waals surface area contributed by atoms with Crippen molar-refractivity contribution in [3.8, 4) is 0 Å². The highest BCUT2D eigenvalue weighted by molar-refractivity contribution is 6.08. The van der Waals surface area contributed by atoms with Gasteiger partial charge in [0.15, 0.2) is 0 Å². The van der Waals surface area contributed by atoms with Gasteiger partial charge in [0.25, 0.3) is 0 Å². The summed E-state index contributed by atoms with van der Waals surface area (Å²) in [6.45, 7) is 7.38. The van der Waals surface area contributed by atoms with Crippen molar-refractivity contribution < 1.29 is 23.5 Å². The second-order valence-electron chi connectivity index (χ2n) is 6.73. The summed E-state index contributed by atoms with van der Waals surface area (Å²) in [5.74, 6) is -2.47. The van der Waals surface area contributed by atoms with Crippen LogP contribution in [0.4, 0.5) is 4.39 Å². The van der Waals surface area contributed by atoms with Crippen molar-refractivity contribution in [2.24, 2.45) is 0 Å². The molecule has 0 radical (unpaired) electrons. The Kier molecular flexibility index (Phi) is 6.24. The van der Waals surface area contributed by atoms with E-state index < -0.39 is 28.6 Å². The number of carbonyl (C=O) groups excluding carboxylic acids is 2. The topological polar surface area (TPSA) is 96.6 Å². The number of aryl methyl sites for hydroxylation is 2. The molecule has 3 rings (SSSR count). The highest BCUT2D eigenvalue weighted by Crippen LogP contribution is 2.26. The van der Waals surface area contributed by atoms with E-state index in [4.69, 9.17) is 9.47 Å². The Labute approximate surface area is 176 Å². The molecule has 8 nitrogen and oxygen atoms in total. The van der Waals surface area contributed by atoms with Gasteiger partial charge in [-0.3, -0.25) is 9.59 Å². The molecule has 2 heterocycles. The van der Waals surface area contributed by atoms with Crippen molar-refractivity contribution in [3.05, 3.63) is 55.9 Å². The Balaban J connectivity index is 2.59. The third kappa shape index (κ3) is 3.60. The Bertz CT molecular complexity index is 1320. The number of esters is 2. The maximum atomic E-state index is 15.2. The first kappa shape index (κ1) is 22.2. The third-order valence-corrected chi connectivity index (χ3v) is 5.00. The molecule has 164 valence electrons. The molecule has 0 aliphatic carbocycles. The Morgan fingerprint density at radius 1 is 0.839 bits per heavy atom. The molecular weight excluding hydrogens is 407 g/mol. The van der Waals surface area contributed by atoms with Crippen LogP contribution < -0.4 is 10.9 Å². The van der Waals surface area contributed by atoms with E-state index >= 15 is 4.39 Å². The van der Waals surface area contributed by atoms with Crippen LogP contribution in [0.25, 0.3) is 21.8 Å². The normalized spacial score (nSPS) is 11.1. The van der Waals surface area contributed by atoms with Crippen molar-refractivity contribution in [3.63, 3.8) is 0 Å². The third-order valence-electron chi connectivity index (χ3n) is 5.00. The lowest BCUT2D eigenvalue weighted by molar-refractivity contribution is 0.0514. The number of nitrogens with zero attached hydrogens (tertiary/aromatic N) is 2. The maximum Gasteiger partial charge on any atom is 0.343 e. The van der Waals surface area contributed by atoms with Gasteiger partial charge >= 0.3 is 11.9 Å². The summed E-state index contributed by atoms with van der Waals surface area (Å²) >= 11 is 0. The molecule has 0 aliphatic rings. The highest BCUT2D eigenvalue weighted by atomic mass is 19.1. The van der Waals surface area contributed by atoms with E-state index in [-0.39, 0.29) is 59.2 Å². The summed E-state index contributed by atoms with van der Waals surface area (Å²) in [4.78, 5) is 50.9. The van der Waals surface area contributed by atoms with Gasteiger partial charge in [-0.2, -0.15) is 0 Å². The summed E-state index contributed by atoms with van der Waals surface area (Å²) in [5, 5.41) is -0.255. The van der Waals surface area contributed by atoms with Crippen LogP contribution in [0, 0.1) is 5.82 Å². The molecule has 0 saturated carbocycles. The molecule has 0 N–H and O–H groups in total. The van der Waals surface area contributed by atoms with Gasteiger partial charge < -0.3 is 18.6 Å². The second kappa shape index (κ2) is 8.71. The van der Waals surface area contributed by atoms with Crippen molar-refractivity contribution >= 4 is 33.7 Å². The van der Waals surface area contributed by atoms with Crippen LogP contribution in [0.3, 0.4) is 0 Å². The van der Waals surface area contributed by atoms with Crippen molar-refractivity contribution in [1.82, 2.24) is 9.13 Å². The maximum absolute atomic E-state index is 15.2. The zero-order valence-electron chi connectivity index (χ0n) is 17.8. The van der Waals surface area contributed by atoms with Crippen molar-refractivity contribution in [2.45, 2.75) is 40.8 Å². The molecule has 0 fully saturated rings.